The van der Waals surface area contributed by atoms with Gasteiger partial charge in [0.25, 0.3) is 5.56 Å². The molecular formula is C31H29N3O2S2. The summed E-state index contributed by atoms with van der Waals surface area (Å²) in [6, 6.07) is 25.9. The number of nitrogens with one attached hydrogen (secondary N) is 1. The molecule has 7 heteroatoms. The molecular weight excluding hydrogens is 510 g/mol. The number of thioether (sulfide) groups is 1. The third kappa shape index (κ3) is 5.30. The fraction of sp³-hybridized carbons (Fsp3) is 0.194. The number of aromatic nitrogens is 2. The third-order valence-corrected chi connectivity index (χ3v) is 8.47. The molecule has 0 radical (unpaired) electrons. The van der Waals surface area contributed by atoms with Crippen LogP contribution >= 0.6 is 23.1 Å². The van der Waals surface area contributed by atoms with Crippen LogP contribution in [0.3, 0.4) is 0 Å². The van der Waals surface area contributed by atoms with Gasteiger partial charge >= 0.3 is 0 Å². The van der Waals surface area contributed by atoms with Gasteiger partial charge in [-0.3, -0.25) is 14.2 Å². The number of benzene rings is 3. The summed E-state index contributed by atoms with van der Waals surface area (Å²) in [6.07, 6.45) is 0. The van der Waals surface area contributed by atoms with E-state index in [-0.39, 0.29) is 23.1 Å². The Morgan fingerprint density at radius 2 is 1.74 bits per heavy atom. The standard InChI is InChI=1S/C31H29N3O2S2/c1-19(2)23-12-8-9-13-24(23)32-28(35)18-37-31-33-25-17-27(22-10-6-5-7-11-22)38-29(25)30(36)34(31)26-16-20(3)14-15-21(26)4/h5-17,19H,18H2,1-4H3,(H,32,35). The topological polar surface area (TPSA) is 64.0 Å². The Morgan fingerprint density at radius 3 is 2.50 bits per heavy atom. The lowest BCUT2D eigenvalue weighted by molar-refractivity contribution is -0.113. The van der Waals surface area contributed by atoms with Crippen LogP contribution in [0, 0.1) is 13.8 Å². The van der Waals surface area contributed by atoms with Crippen LogP contribution in [0.4, 0.5) is 5.69 Å². The Morgan fingerprint density at radius 1 is 1.00 bits per heavy atom. The molecule has 0 saturated heterocycles. The van der Waals surface area contributed by atoms with E-state index in [2.05, 4.69) is 19.2 Å². The summed E-state index contributed by atoms with van der Waals surface area (Å²) in [5, 5.41) is 3.55. The van der Waals surface area contributed by atoms with E-state index in [1.54, 1.807) is 4.57 Å². The van der Waals surface area contributed by atoms with Crippen molar-refractivity contribution in [3.63, 3.8) is 0 Å². The molecule has 2 heterocycles. The molecule has 2 aromatic heterocycles. The maximum atomic E-state index is 13.9. The Bertz CT molecular complexity index is 1690. The molecule has 1 N–H and O–H groups in total. The maximum Gasteiger partial charge on any atom is 0.276 e. The molecule has 5 aromatic rings. The Hall–Kier alpha value is -3.68. The minimum atomic E-state index is -0.139. The lowest BCUT2D eigenvalue weighted by atomic mass is 10.0. The average molecular weight is 540 g/mol. The first-order chi connectivity index (χ1) is 18.3. The zero-order valence-electron chi connectivity index (χ0n) is 21.8. The van der Waals surface area contributed by atoms with E-state index in [1.165, 1.54) is 23.1 Å². The van der Waals surface area contributed by atoms with Gasteiger partial charge in [-0.05, 0) is 60.2 Å². The predicted octanol–water partition coefficient (Wildman–Crippen LogP) is 7.59. The average Bonchev–Trinajstić information content (AvgIpc) is 3.34. The Kier molecular flexibility index (Phi) is 7.49. The molecule has 3 aromatic carbocycles. The number of anilines is 1. The van der Waals surface area contributed by atoms with E-state index < -0.39 is 0 Å². The minimum Gasteiger partial charge on any atom is -0.325 e. The molecule has 38 heavy (non-hydrogen) atoms. The van der Waals surface area contributed by atoms with Crippen LogP contribution in [-0.2, 0) is 4.79 Å². The quantitative estimate of drug-likeness (QED) is 0.171. The van der Waals surface area contributed by atoms with E-state index in [1.807, 2.05) is 92.7 Å². The van der Waals surface area contributed by atoms with Crippen molar-refractivity contribution in [2.45, 2.75) is 38.8 Å². The summed E-state index contributed by atoms with van der Waals surface area (Å²) in [4.78, 5) is 32.9. The van der Waals surface area contributed by atoms with Crippen LogP contribution in [0.5, 0.6) is 0 Å². The van der Waals surface area contributed by atoms with Crippen LogP contribution in [0.25, 0.3) is 26.3 Å². The molecule has 5 nitrogen and oxygen atoms in total. The number of hydrogen-bond acceptors (Lipinski definition) is 5. The van der Waals surface area contributed by atoms with Crippen molar-refractivity contribution in [2.24, 2.45) is 0 Å². The summed E-state index contributed by atoms with van der Waals surface area (Å²) >= 11 is 2.73. The largest absolute Gasteiger partial charge is 0.325 e. The second-order valence-corrected chi connectivity index (χ2v) is 11.6. The molecule has 0 aliphatic heterocycles. The highest BCUT2D eigenvalue weighted by Gasteiger charge is 2.19. The summed E-state index contributed by atoms with van der Waals surface area (Å²) in [6.45, 7) is 8.20. The molecule has 192 valence electrons. The maximum absolute atomic E-state index is 13.9. The fourth-order valence-electron chi connectivity index (χ4n) is 4.40. The van der Waals surface area contributed by atoms with Gasteiger partial charge < -0.3 is 5.32 Å². The van der Waals surface area contributed by atoms with Gasteiger partial charge in [0.15, 0.2) is 5.16 Å². The van der Waals surface area contributed by atoms with Crippen LogP contribution in [0.1, 0.15) is 36.5 Å². The molecule has 0 saturated carbocycles. The predicted molar refractivity (Wildman–Crippen MR) is 160 cm³/mol. The molecule has 1 amide bonds. The fourth-order valence-corrected chi connectivity index (χ4v) is 6.24. The number of thiophene rings is 1. The van der Waals surface area contributed by atoms with Gasteiger partial charge in [0.1, 0.15) is 4.70 Å². The number of hydrogen-bond donors (Lipinski definition) is 1. The van der Waals surface area contributed by atoms with Gasteiger partial charge in [-0.25, -0.2) is 4.98 Å². The van der Waals surface area contributed by atoms with Gasteiger partial charge in [-0.2, -0.15) is 0 Å². The van der Waals surface area contributed by atoms with Crippen molar-refractivity contribution in [1.82, 2.24) is 9.55 Å². The monoisotopic (exact) mass is 539 g/mol. The van der Waals surface area contributed by atoms with Crippen molar-refractivity contribution in [2.75, 3.05) is 11.1 Å². The van der Waals surface area contributed by atoms with Crippen molar-refractivity contribution in [1.29, 1.82) is 0 Å². The summed E-state index contributed by atoms with van der Waals surface area (Å²) in [5.41, 5.74) is 6.27. The van der Waals surface area contributed by atoms with E-state index in [0.29, 0.717) is 15.4 Å². The summed E-state index contributed by atoms with van der Waals surface area (Å²) < 4.78 is 2.26. The third-order valence-electron chi connectivity index (χ3n) is 6.37. The van der Waals surface area contributed by atoms with E-state index >= 15 is 0 Å². The number of aryl methyl sites for hydroxylation is 2. The van der Waals surface area contributed by atoms with E-state index in [4.69, 9.17) is 4.98 Å². The molecule has 0 atom stereocenters. The lowest BCUT2D eigenvalue weighted by Crippen LogP contribution is -2.23. The smallest absolute Gasteiger partial charge is 0.276 e. The van der Waals surface area contributed by atoms with E-state index in [0.717, 1.165) is 38.5 Å². The van der Waals surface area contributed by atoms with Crippen molar-refractivity contribution >= 4 is 44.9 Å². The van der Waals surface area contributed by atoms with E-state index in [9.17, 15) is 9.59 Å². The molecule has 0 spiro atoms. The second-order valence-electron chi connectivity index (χ2n) is 9.59. The number of para-hydroxylation sites is 1. The first-order valence-corrected chi connectivity index (χ1v) is 14.3. The zero-order valence-corrected chi connectivity index (χ0v) is 23.5. The molecule has 0 fully saturated rings. The Balaban J connectivity index is 1.54. The normalized spacial score (nSPS) is 11.3. The number of amides is 1. The highest BCUT2D eigenvalue weighted by molar-refractivity contribution is 7.99. The van der Waals surface area contributed by atoms with Crippen LogP contribution in [-0.4, -0.2) is 21.2 Å². The van der Waals surface area contributed by atoms with Gasteiger partial charge in [-0.1, -0.05) is 86.3 Å². The number of carbonyl (C=O) groups is 1. The number of rotatable bonds is 7. The molecule has 0 aliphatic carbocycles. The lowest BCUT2D eigenvalue weighted by Gasteiger charge is -2.16. The molecule has 5 rings (SSSR count). The molecule has 0 unspecified atom stereocenters. The zero-order chi connectivity index (χ0) is 26.8. The van der Waals surface area contributed by atoms with Gasteiger partial charge in [0.05, 0.1) is 17.0 Å². The second kappa shape index (κ2) is 11.0. The first-order valence-electron chi connectivity index (χ1n) is 12.5. The van der Waals surface area contributed by atoms with Crippen LogP contribution in [0.15, 0.2) is 88.8 Å². The summed E-state index contributed by atoms with van der Waals surface area (Å²) in [7, 11) is 0. The number of nitrogens with zero attached hydrogens (tertiary/aromatic N) is 2. The SMILES string of the molecule is Cc1ccc(C)c(-n2c(SCC(=O)Nc3ccccc3C(C)C)nc3cc(-c4ccccc4)sc3c2=O)c1. The highest BCUT2D eigenvalue weighted by atomic mass is 32.2. The van der Waals surface area contributed by atoms with Crippen molar-refractivity contribution in [3.05, 3.63) is 106 Å². The summed E-state index contributed by atoms with van der Waals surface area (Å²) in [5.74, 6) is 0.278. The minimum absolute atomic E-state index is 0.121. The van der Waals surface area contributed by atoms with Crippen LogP contribution < -0.4 is 10.9 Å². The van der Waals surface area contributed by atoms with Crippen molar-refractivity contribution < 1.29 is 4.79 Å². The first kappa shape index (κ1) is 25.9. The molecule has 0 aliphatic rings. The highest BCUT2D eigenvalue weighted by Crippen LogP contribution is 2.33. The molecule has 0 bridgehead atoms. The van der Waals surface area contributed by atoms with Gasteiger partial charge in [-0.15, -0.1) is 11.3 Å². The number of carbonyl (C=O) groups excluding carboxylic acids is 1. The Labute approximate surface area is 230 Å². The van der Waals surface area contributed by atoms with Crippen molar-refractivity contribution in [3.8, 4) is 16.1 Å². The van der Waals surface area contributed by atoms with Crippen LogP contribution in [0.2, 0.25) is 0 Å². The number of fused-ring (bicyclic) bond motifs is 1. The van der Waals surface area contributed by atoms with Gasteiger partial charge in [0, 0.05) is 10.6 Å². The van der Waals surface area contributed by atoms with Gasteiger partial charge in [0.2, 0.25) is 5.91 Å².